The summed E-state index contributed by atoms with van der Waals surface area (Å²) < 4.78 is 1.63. The van der Waals surface area contributed by atoms with E-state index in [2.05, 4.69) is 80.2 Å². The summed E-state index contributed by atoms with van der Waals surface area (Å²) in [6.07, 6.45) is 6.62. The van der Waals surface area contributed by atoms with Gasteiger partial charge < -0.3 is 37.2 Å². The molecule has 1 aliphatic rings. The van der Waals surface area contributed by atoms with Gasteiger partial charge in [-0.3, -0.25) is 0 Å². The van der Waals surface area contributed by atoms with Gasteiger partial charge in [0.1, 0.15) is 0 Å². The maximum Gasteiger partial charge on any atom is -1.00 e. The zero-order valence-electron chi connectivity index (χ0n) is 17.6. The number of benzene rings is 1. The van der Waals surface area contributed by atoms with Gasteiger partial charge in [-0.25, -0.2) is 0 Å². The molecule has 1 aromatic carbocycles. The van der Waals surface area contributed by atoms with Crippen LogP contribution < -0.4 is 42.4 Å². The van der Waals surface area contributed by atoms with Gasteiger partial charge in [-0.15, -0.1) is 0 Å². The summed E-state index contributed by atoms with van der Waals surface area (Å²) in [5.41, 5.74) is 6.54. The first-order valence-corrected chi connectivity index (χ1v) is 11.7. The second-order valence-corrected chi connectivity index (χ2v) is 11.3. The van der Waals surface area contributed by atoms with Crippen molar-refractivity contribution in [2.24, 2.45) is 5.41 Å². The Hall–Kier alpha value is 0.501. The van der Waals surface area contributed by atoms with Gasteiger partial charge in [0.25, 0.3) is 0 Å². The molecule has 27 heavy (non-hydrogen) atoms. The molecule has 0 saturated heterocycles. The van der Waals surface area contributed by atoms with E-state index in [1.54, 1.807) is 25.4 Å². The molecule has 0 bridgehead atoms. The van der Waals surface area contributed by atoms with Gasteiger partial charge in [0.15, 0.2) is 0 Å². The standard InChI is InChI=1S/C22H33Si.3ClH.Ti/c1-7-8-9-10-18-14-20(22(4,5)6)21(15-18)23-19-12-16(2)11-17(3)13-19;;;;/h11-13H,7-10,15,23H2,1-6H3;3*1H;/q;;;;+3/p-3. The van der Waals surface area contributed by atoms with Crippen LogP contribution in [0.4, 0.5) is 0 Å². The minimum absolute atomic E-state index is 0. The SMILES string of the molecule is CCCCCC1=[C]([Ti+3])C(C(C)(C)C)=C([SiH2]c2cc(C)cc(C)c2)C1.[Cl-].[Cl-].[Cl-]. The fourth-order valence-corrected chi connectivity index (χ4v) is 8.19. The number of hydrogen-bond donors (Lipinski definition) is 0. The minimum atomic E-state index is -0.359. The van der Waals surface area contributed by atoms with E-state index in [0.29, 0.717) is 0 Å². The Balaban J connectivity index is 0. The quantitative estimate of drug-likeness (QED) is 0.290. The maximum atomic E-state index is 2.43. The van der Waals surface area contributed by atoms with E-state index in [1.807, 2.05) is 0 Å². The zero-order valence-corrected chi connectivity index (χ0v) is 22.9. The molecule has 0 heterocycles. The van der Waals surface area contributed by atoms with E-state index in [9.17, 15) is 0 Å². The fourth-order valence-electron chi connectivity index (χ4n) is 4.06. The maximum absolute atomic E-state index is 2.43. The molecule has 1 aromatic rings. The molecule has 5 heteroatoms. The summed E-state index contributed by atoms with van der Waals surface area (Å²) in [5.74, 6) is 0. The first kappa shape index (κ1) is 29.7. The van der Waals surface area contributed by atoms with Crippen molar-refractivity contribution >= 4 is 14.7 Å². The van der Waals surface area contributed by atoms with Crippen molar-refractivity contribution in [3.8, 4) is 0 Å². The summed E-state index contributed by atoms with van der Waals surface area (Å²) >= 11 is 2.39. The third-order valence-corrected chi connectivity index (χ3v) is 7.70. The average molecular weight is 480 g/mol. The average Bonchev–Trinajstić information content (AvgIpc) is 2.73. The second kappa shape index (κ2) is 12.9. The van der Waals surface area contributed by atoms with Gasteiger partial charge in [0.2, 0.25) is 0 Å². The molecule has 0 aliphatic heterocycles. The molecular formula is C22H33Cl3SiTi. The van der Waals surface area contributed by atoms with Gasteiger partial charge in [0, 0.05) is 0 Å². The summed E-state index contributed by atoms with van der Waals surface area (Å²) in [6.45, 7) is 14.0. The van der Waals surface area contributed by atoms with Crippen LogP contribution in [0.5, 0.6) is 0 Å². The summed E-state index contributed by atoms with van der Waals surface area (Å²) in [4.78, 5) is 0. The van der Waals surface area contributed by atoms with Gasteiger partial charge in [-0.1, -0.05) is 0 Å². The van der Waals surface area contributed by atoms with Crippen LogP contribution in [0.25, 0.3) is 0 Å². The van der Waals surface area contributed by atoms with Crippen molar-refractivity contribution < 1.29 is 57.7 Å². The zero-order chi connectivity index (χ0) is 17.9. The minimum Gasteiger partial charge on any atom is -1.00 e. The summed E-state index contributed by atoms with van der Waals surface area (Å²) in [5, 5.41) is 3.42. The molecule has 0 aromatic heterocycles. The van der Waals surface area contributed by atoms with Crippen molar-refractivity contribution in [2.45, 2.75) is 73.6 Å². The first-order valence-electron chi connectivity index (χ1n) is 9.46. The van der Waals surface area contributed by atoms with Crippen LogP contribution in [-0.4, -0.2) is 9.52 Å². The topological polar surface area (TPSA) is 0 Å². The molecule has 0 atom stereocenters. The molecule has 0 spiro atoms. The van der Waals surface area contributed by atoms with Crippen molar-refractivity contribution in [3.63, 3.8) is 0 Å². The second-order valence-electron chi connectivity index (χ2n) is 8.51. The third-order valence-electron chi connectivity index (χ3n) is 4.91. The molecule has 0 saturated carbocycles. The molecule has 0 fully saturated rings. The van der Waals surface area contributed by atoms with Crippen LogP contribution in [0.1, 0.15) is 70.9 Å². The van der Waals surface area contributed by atoms with Crippen molar-refractivity contribution in [1.82, 2.24) is 0 Å². The fraction of sp³-hybridized carbons (Fsp3) is 0.545. The molecule has 2 rings (SSSR count). The van der Waals surface area contributed by atoms with E-state index >= 15 is 0 Å². The van der Waals surface area contributed by atoms with Crippen molar-refractivity contribution in [3.05, 3.63) is 49.5 Å². The van der Waals surface area contributed by atoms with E-state index in [1.165, 1.54) is 43.2 Å². The predicted molar refractivity (Wildman–Crippen MR) is 106 cm³/mol. The molecule has 0 nitrogen and oxygen atoms in total. The Morgan fingerprint density at radius 3 is 2.00 bits per heavy atom. The Morgan fingerprint density at radius 2 is 1.52 bits per heavy atom. The Labute approximate surface area is 199 Å². The van der Waals surface area contributed by atoms with E-state index in [-0.39, 0.29) is 52.2 Å². The number of unbranched alkanes of at least 4 members (excludes halogenated alkanes) is 2. The Morgan fingerprint density at radius 1 is 0.963 bits per heavy atom. The van der Waals surface area contributed by atoms with Gasteiger partial charge in [-0.05, 0) is 0 Å². The molecule has 1 aliphatic carbocycles. The number of hydrogen-bond acceptors (Lipinski definition) is 0. The van der Waals surface area contributed by atoms with Gasteiger partial charge >= 0.3 is 164 Å². The monoisotopic (exact) mass is 478 g/mol. The number of aryl methyl sites for hydroxylation is 2. The van der Waals surface area contributed by atoms with Gasteiger partial charge in [-0.2, -0.15) is 0 Å². The van der Waals surface area contributed by atoms with E-state index in [4.69, 9.17) is 0 Å². The van der Waals surface area contributed by atoms with E-state index in [0.717, 1.165) is 0 Å². The molecule has 0 radical (unpaired) electrons. The predicted octanol–water partition coefficient (Wildman–Crippen LogP) is -3.81. The largest absolute Gasteiger partial charge is 1.00 e. The molecular weight excluding hydrogens is 447 g/mol. The van der Waals surface area contributed by atoms with Crippen LogP contribution in [0.3, 0.4) is 0 Å². The van der Waals surface area contributed by atoms with Crippen LogP contribution in [0.2, 0.25) is 0 Å². The van der Waals surface area contributed by atoms with Crippen molar-refractivity contribution in [2.75, 3.05) is 0 Å². The third kappa shape index (κ3) is 8.41. The number of allylic oxidation sites excluding steroid dienone is 4. The van der Waals surface area contributed by atoms with Crippen molar-refractivity contribution in [1.29, 1.82) is 0 Å². The van der Waals surface area contributed by atoms with Crippen LogP contribution in [0, 0.1) is 19.3 Å². The summed E-state index contributed by atoms with van der Waals surface area (Å²) in [7, 11) is -0.359. The number of rotatable bonds is 6. The Bertz CT molecular complexity index is 652. The molecule has 0 unspecified atom stereocenters. The number of halogens is 3. The normalized spacial score (nSPS) is 14.4. The molecule has 0 amide bonds. The van der Waals surface area contributed by atoms with Gasteiger partial charge in [0.05, 0.1) is 0 Å². The summed E-state index contributed by atoms with van der Waals surface area (Å²) in [6, 6.07) is 7.15. The van der Waals surface area contributed by atoms with Crippen LogP contribution in [0.15, 0.2) is 38.4 Å². The smallest absolute Gasteiger partial charge is 1.00 e. The van der Waals surface area contributed by atoms with E-state index < -0.39 is 0 Å². The van der Waals surface area contributed by atoms with Crippen LogP contribution in [-0.2, 0) is 20.4 Å². The van der Waals surface area contributed by atoms with Crippen LogP contribution >= 0.6 is 0 Å². The first-order chi connectivity index (χ1) is 11.2. The molecule has 0 N–H and O–H groups in total. The Kier molecular flexibility index (Phi) is 14.2. The molecule has 150 valence electrons.